The first-order valence-electron chi connectivity index (χ1n) is 8.31. The highest BCUT2D eigenvalue weighted by Gasteiger charge is 2.32. The first-order valence-corrected chi connectivity index (χ1v) is 9.39. The van der Waals surface area contributed by atoms with Gasteiger partial charge in [-0.3, -0.25) is 4.79 Å². The number of rotatable bonds is 3. The molecular weight excluding hydrogens is 435 g/mol. The molecule has 2 amide bonds. The van der Waals surface area contributed by atoms with Crippen LogP contribution in [0.4, 0.5) is 4.79 Å². The fourth-order valence-corrected chi connectivity index (χ4v) is 2.94. The zero-order valence-corrected chi connectivity index (χ0v) is 17.3. The molecule has 1 aliphatic heterocycles. The molecule has 0 spiro atoms. The molecule has 1 aromatic rings. The molecule has 1 aliphatic rings. The molecule has 0 bridgehead atoms. The van der Waals surface area contributed by atoms with Gasteiger partial charge in [-0.25, -0.2) is 4.79 Å². The maximum atomic E-state index is 12.4. The molecule has 0 radical (unpaired) electrons. The van der Waals surface area contributed by atoms with Crippen molar-refractivity contribution >= 4 is 34.6 Å². The highest BCUT2D eigenvalue weighted by atomic mass is 127. The smallest absolute Gasteiger partial charge is 0.410 e. The summed E-state index contributed by atoms with van der Waals surface area (Å²) in [4.78, 5) is 28.0. The molecule has 0 unspecified atom stereocenters. The Hall–Kier alpha value is -1.51. The number of nitrogens with zero attached hydrogens (tertiary/aromatic N) is 2. The van der Waals surface area contributed by atoms with E-state index in [1.54, 1.807) is 9.80 Å². The van der Waals surface area contributed by atoms with Crippen LogP contribution in [0.25, 0.3) is 0 Å². The second kappa shape index (κ2) is 8.25. The Morgan fingerprint density at radius 2 is 1.84 bits per heavy atom. The van der Waals surface area contributed by atoms with Gasteiger partial charge in [-0.1, -0.05) is 0 Å². The van der Waals surface area contributed by atoms with Crippen molar-refractivity contribution in [1.29, 1.82) is 0 Å². The van der Waals surface area contributed by atoms with Gasteiger partial charge in [-0.2, -0.15) is 0 Å². The summed E-state index contributed by atoms with van der Waals surface area (Å²) in [5, 5.41) is 0. The standard InChI is InChI=1S/C18H25IN2O4/c1-13-11-20(17(23)25-18(2,3)4)9-10-21(13)16(22)12-24-15-7-5-14(19)6-8-15/h5-8,13H,9-12H2,1-4H3/t13-/m1/s1. The van der Waals surface area contributed by atoms with Gasteiger partial charge in [0.2, 0.25) is 0 Å². The minimum absolute atomic E-state index is 0.00261. The van der Waals surface area contributed by atoms with E-state index in [-0.39, 0.29) is 24.6 Å². The lowest BCUT2D eigenvalue weighted by Gasteiger charge is -2.40. The lowest BCUT2D eigenvalue weighted by atomic mass is 10.2. The van der Waals surface area contributed by atoms with Crippen LogP contribution in [0.5, 0.6) is 5.75 Å². The summed E-state index contributed by atoms with van der Waals surface area (Å²) in [7, 11) is 0. The number of benzene rings is 1. The van der Waals surface area contributed by atoms with Gasteiger partial charge in [0.25, 0.3) is 5.91 Å². The quantitative estimate of drug-likeness (QED) is 0.651. The predicted molar refractivity (Wildman–Crippen MR) is 104 cm³/mol. The predicted octanol–water partition coefficient (Wildman–Crippen LogP) is 3.14. The zero-order valence-electron chi connectivity index (χ0n) is 15.1. The molecule has 0 aliphatic carbocycles. The van der Waals surface area contributed by atoms with Gasteiger partial charge in [-0.15, -0.1) is 0 Å². The molecule has 1 aromatic carbocycles. The average Bonchev–Trinajstić information content (AvgIpc) is 2.52. The molecule has 138 valence electrons. The molecule has 1 saturated heterocycles. The van der Waals surface area contributed by atoms with Crippen molar-refractivity contribution in [3.05, 3.63) is 27.8 Å². The minimum Gasteiger partial charge on any atom is -0.484 e. The number of piperazine rings is 1. The van der Waals surface area contributed by atoms with Crippen LogP contribution in [0, 0.1) is 3.57 Å². The van der Waals surface area contributed by atoms with Crippen LogP contribution in [0.15, 0.2) is 24.3 Å². The molecule has 25 heavy (non-hydrogen) atoms. The van der Waals surface area contributed by atoms with Gasteiger partial charge in [-0.05, 0) is 74.6 Å². The highest BCUT2D eigenvalue weighted by Crippen LogP contribution is 2.16. The molecule has 0 aromatic heterocycles. The minimum atomic E-state index is -0.519. The molecular formula is C18H25IN2O4. The van der Waals surface area contributed by atoms with E-state index in [0.717, 1.165) is 3.57 Å². The van der Waals surface area contributed by atoms with Crippen molar-refractivity contribution < 1.29 is 19.1 Å². The summed E-state index contributed by atoms with van der Waals surface area (Å²) >= 11 is 2.22. The van der Waals surface area contributed by atoms with Crippen LogP contribution in [-0.4, -0.2) is 59.7 Å². The molecule has 1 fully saturated rings. The van der Waals surface area contributed by atoms with Crippen molar-refractivity contribution in [3.8, 4) is 5.75 Å². The van der Waals surface area contributed by atoms with Crippen LogP contribution in [0.1, 0.15) is 27.7 Å². The van der Waals surface area contributed by atoms with E-state index < -0.39 is 5.60 Å². The van der Waals surface area contributed by atoms with Crippen molar-refractivity contribution in [2.24, 2.45) is 0 Å². The topological polar surface area (TPSA) is 59.1 Å². The fraction of sp³-hybridized carbons (Fsp3) is 0.556. The van der Waals surface area contributed by atoms with E-state index in [4.69, 9.17) is 9.47 Å². The zero-order chi connectivity index (χ0) is 18.6. The monoisotopic (exact) mass is 460 g/mol. The van der Waals surface area contributed by atoms with Gasteiger partial charge in [0.15, 0.2) is 6.61 Å². The molecule has 6 nitrogen and oxygen atoms in total. The van der Waals surface area contributed by atoms with Crippen molar-refractivity contribution in [2.45, 2.75) is 39.3 Å². The van der Waals surface area contributed by atoms with E-state index >= 15 is 0 Å². The SMILES string of the molecule is C[C@@H]1CN(C(=O)OC(C)(C)C)CCN1C(=O)COc1ccc(I)cc1. The lowest BCUT2D eigenvalue weighted by molar-refractivity contribution is -0.137. The number of carbonyl (C=O) groups is 2. The normalized spacial score (nSPS) is 18.0. The van der Waals surface area contributed by atoms with Gasteiger partial charge < -0.3 is 19.3 Å². The van der Waals surface area contributed by atoms with Crippen LogP contribution < -0.4 is 4.74 Å². The summed E-state index contributed by atoms with van der Waals surface area (Å²) in [6.07, 6.45) is -0.332. The number of hydrogen-bond acceptors (Lipinski definition) is 4. The third-order valence-electron chi connectivity index (χ3n) is 3.78. The highest BCUT2D eigenvalue weighted by molar-refractivity contribution is 14.1. The Morgan fingerprint density at radius 1 is 1.20 bits per heavy atom. The van der Waals surface area contributed by atoms with E-state index in [1.165, 1.54) is 0 Å². The second-order valence-electron chi connectivity index (χ2n) is 7.11. The van der Waals surface area contributed by atoms with Crippen LogP contribution in [0.2, 0.25) is 0 Å². The fourth-order valence-electron chi connectivity index (χ4n) is 2.58. The maximum Gasteiger partial charge on any atom is 0.410 e. The molecule has 1 atom stereocenters. The molecule has 0 saturated carbocycles. The Labute approximate surface area is 162 Å². The molecule has 2 rings (SSSR count). The van der Waals surface area contributed by atoms with Gasteiger partial charge in [0.1, 0.15) is 11.4 Å². The van der Waals surface area contributed by atoms with Crippen molar-refractivity contribution in [1.82, 2.24) is 9.80 Å². The van der Waals surface area contributed by atoms with Crippen LogP contribution in [-0.2, 0) is 9.53 Å². The largest absolute Gasteiger partial charge is 0.484 e. The van der Waals surface area contributed by atoms with Gasteiger partial charge in [0, 0.05) is 29.2 Å². The summed E-state index contributed by atoms with van der Waals surface area (Å²) in [5.41, 5.74) is -0.519. The maximum absolute atomic E-state index is 12.4. The number of carbonyl (C=O) groups excluding carboxylic acids is 2. The Bertz CT molecular complexity index is 612. The first-order chi connectivity index (χ1) is 11.7. The Balaban J connectivity index is 1.84. The van der Waals surface area contributed by atoms with E-state index in [9.17, 15) is 9.59 Å². The van der Waals surface area contributed by atoms with Crippen molar-refractivity contribution in [2.75, 3.05) is 26.2 Å². The summed E-state index contributed by atoms with van der Waals surface area (Å²) in [6.45, 7) is 8.87. The average molecular weight is 460 g/mol. The number of amides is 2. The van der Waals surface area contributed by atoms with E-state index in [1.807, 2.05) is 52.0 Å². The van der Waals surface area contributed by atoms with Crippen molar-refractivity contribution in [3.63, 3.8) is 0 Å². The first kappa shape index (κ1) is 19.8. The Kier molecular flexibility index (Phi) is 6.53. The molecule has 7 heteroatoms. The lowest BCUT2D eigenvalue weighted by Crippen LogP contribution is -2.56. The number of halogens is 1. The summed E-state index contributed by atoms with van der Waals surface area (Å²) in [6, 6.07) is 7.48. The summed E-state index contributed by atoms with van der Waals surface area (Å²) < 4.78 is 12.1. The third kappa shape index (κ3) is 6.05. The van der Waals surface area contributed by atoms with Crippen LogP contribution >= 0.6 is 22.6 Å². The molecule has 0 N–H and O–H groups in total. The van der Waals surface area contributed by atoms with Gasteiger partial charge >= 0.3 is 6.09 Å². The number of hydrogen-bond donors (Lipinski definition) is 0. The number of ether oxygens (including phenoxy) is 2. The Morgan fingerprint density at radius 3 is 2.40 bits per heavy atom. The second-order valence-corrected chi connectivity index (χ2v) is 8.35. The van der Waals surface area contributed by atoms with Crippen LogP contribution in [0.3, 0.4) is 0 Å². The third-order valence-corrected chi connectivity index (χ3v) is 4.49. The van der Waals surface area contributed by atoms with E-state index in [0.29, 0.717) is 25.4 Å². The van der Waals surface area contributed by atoms with E-state index in [2.05, 4.69) is 22.6 Å². The van der Waals surface area contributed by atoms with Gasteiger partial charge in [0.05, 0.1) is 0 Å². The molecule has 1 heterocycles. The summed E-state index contributed by atoms with van der Waals surface area (Å²) in [5.74, 6) is 0.601.